The summed E-state index contributed by atoms with van der Waals surface area (Å²) in [6.07, 6.45) is 11.7. The lowest BCUT2D eigenvalue weighted by molar-refractivity contribution is 0.257. The normalized spacial score (nSPS) is 12.8. The Morgan fingerprint density at radius 2 is 0.621 bits per heavy atom. The van der Waals surface area contributed by atoms with Crippen molar-refractivity contribution in [3.8, 4) is 0 Å². The van der Waals surface area contributed by atoms with Crippen LogP contribution in [0.4, 0.5) is 0 Å². The molecule has 0 aliphatic heterocycles. The second-order valence-electron chi connectivity index (χ2n) is 8.48. The van der Waals surface area contributed by atoms with Crippen LogP contribution in [0.25, 0.3) is 0 Å². The number of allylic oxidation sites excluding steroid dienone is 6. The largest absolute Gasteiger partial charge is 0.466 e. The summed E-state index contributed by atoms with van der Waals surface area (Å²) in [5.74, 6) is 0. The van der Waals surface area contributed by atoms with Crippen LogP contribution in [0.2, 0.25) is 62.5 Å². The van der Waals surface area contributed by atoms with Crippen molar-refractivity contribution in [1.29, 1.82) is 0 Å². The first-order chi connectivity index (χ1) is 13.5. The summed E-state index contributed by atoms with van der Waals surface area (Å²) < 4.78 is 20.7. The highest BCUT2D eigenvalue weighted by molar-refractivity contribution is 6.91. The highest BCUT2D eigenvalue weighted by Crippen LogP contribution is 2.34. The molecule has 0 aromatic heterocycles. The fraction of sp³-hybridized carbons (Fsp3) is 0.455. The van der Waals surface area contributed by atoms with Gasteiger partial charge in [0.25, 0.3) is 0 Å². The van der Waals surface area contributed by atoms with Gasteiger partial charge in [-0.3, -0.25) is 0 Å². The molecule has 0 aliphatic rings. The lowest BCUT2D eigenvalue weighted by atomic mass is 10.7. The summed E-state index contributed by atoms with van der Waals surface area (Å²) in [5.41, 5.74) is 0. The van der Waals surface area contributed by atoms with E-state index in [-0.39, 0.29) is 0 Å². The quantitative estimate of drug-likeness (QED) is 0.155. The third kappa shape index (κ3) is 10.2. The van der Waals surface area contributed by atoms with Crippen LogP contribution in [-0.4, -0.2) is 33.8 Å². The SMILES string of the molecule is C=CC[Si](C)(CC=C)O[Si](C)(O[Si](C)(CC=C)CC=C)O[Si](C)(CC=C)CC=C. The van der Waals surface area contributed by atoms with Crippen molar-refractivity contribution in [2.45, 2.75) is 62.5 Å². The van der Waals surface area contributed by atoms with Crippen molar-refractivity contribution in [3.63, 3.8) is 0 Å². The Labute approximate surface area is 184 Å². The van der Waals surface area contributed by atoms with Crippen LogP contribution in [0, 0.1) is 0 Å². The molecule has 0 N–H and O–H groups in total. The summed E-state index contributed by atoms with van der Waals surface area (Å²) in [7, 11) is -9.46. The van der Waals surface area contributed by atoms with E-state index in [1.807, 2.05) is 36.5 Å². The van der Waals surface area contributed by atoms with Gasteiger partial charge in [-0.15, -0.1) is 39.5 Å². The highest BCUT2D eigenvalue weighted by Gasteiger charge is 2.50. The Bertz CT molecular complexity index is 480. The zero-order valence-electron chi connectivity index (χ0n) is 19.2. The van der Waals surface area contributed by atoms with Gasteiger partial charge in [-0.2, -0.15) is 0 Å². The fourth-order valence-corrected chi connectivity index (χ4v) is 22.3. The standard InChI is InChI=1S/C22H42O3Si4/c1-11-17-26(7,18-12-2)23-29(10,24-27(8,19-13-3)20-14-4)25-28(9,21-15-5)22-16-6/h11-16H,1-6,17-22H2,7-10H3. The number of hydrogen-bond acceptors (Lipinski definition) is 3. The third-order valence-electron chi connectivity index (χ3n) is 4.75. The summed E-state index contributed by atoms with van der Waals surface area (Å²) in [6, 6.07) is 4.98. The maximum atomic E-state index is 6.91. The van der Waals surface area contributed by atoms with Gasteiger partial charge >= 0.3 is 8.80 Å². The Kier molecular flexibility index (Phi) is 12.4. The maximum absolute atomic E-state index is 6.91. The van der Waals surface area contributed by atoms with E-state index < -0.39 is 33.8 Å². The van der Waals surface area contributed by atoms with Gasteiger partial charge in [0.1, 0.15) is 0 Å². The fourth-order valence-electron chi connectivity index (χ4n) is 3.74. The molecule has 0 fully saturated rings. The molecule has 0 saturated heterocycles. The average Bonchev–Trinajstić information content (AvgIpc) is 2.54. The van der Waals surface area contributed by atoms with Gasteiger partial charge < -0.3 is 12.3 Å². The predicted molar refractivity (Wildman–Crippen MR) is 140 cm³/mol. The van der Waals surface area contributed by atoms with Crippen LogP contribution >= 0.6 is 0 Å². The van der Waals surface area contributed by atoms with Gasteiger partial charge in [-0.25, -0.2) is 0 Å². The summed E-state index contributed by atoms with van der Waals surface area (Å²) >= 11 is 0. The zero-order chi connectivity index (χ0) is 22.6. The van der Waals surface area contributed by atoms with E-state index in [0.717, 1.165) is 36.3 Å². The van der Waals surface area contributed by atoms with Crippen LogP contribution < -0.4 is 0 Å². The van der Waals surface area contributed by atoms with Crippen molar-refractivity contribution in [2.24, 2.45) is 0 Å². The minimum absolute atomic E-state index is 0.830. The van der Waals surface area contributed by atoms with Crippen molar-refractivity contribution >= 4 is 33.8 Å². The molecule has 0 aliphatic carbocycles. The third-order valence-corrected chi connectivity index (χ3v) is 22.0. The lowest BCUT2D eigenvalue weighted by Gasteiger charge is -2.44. The van der Waals surface area contributed by atoms with Crippen molar-refractivity contribution < 1.29 is 12.3 Å². The molecule has 0 heterocycles. The van der Waals surface area contributed by atoms with Crippen molar-refractivity contribution in [1.82, 2.24) is 0 Å². The van der Waals surface area contributed by atoms with E-state index in [1.165, 1.54) is 0 Å². The highest BCUT2D eigenvalue weighted by atomic mass is 28.5. The maximum Gasteiger partial charge on any atom is 0.466 e. The van der Waals surface area contributed by atoms with Crippen LogP contribution in [0.3, 0.4) is 0 Å². The van der Waals surface area contributed by atoms with Gasteiger partial charge in [0.15, 0.2) is 25.0 Å². The van der Waals surface area contributed by atoms with Crippen LogP contribution in [0.15, 0.2) is 75.9 Å². The lowest BCUT2D eigenvalue weighted by Crippen LogP contribution is -2.61. The van der Waals surface area contributed by atoms with Gasteiger partial charge in [-0.1, -0.05) is 36.5 Å². The Hall–Kier alpha value is -0.812. The minimum atomic E-state index is -2.98. The molecule has 0 radical (unpaired) electrons. The molecule has 7 heteroatoms. The second-order valence-corrected chi connectivity index (χ2v) is 23.8. The van der Waals surface area contributed by atoms with Gasteiger partial charge in [-0.05, 0) is 55.9 Å². The number of hydrogen-bond donors (Lipinski definition) is 0. The summed E-state index contributed by atoms with van der Waals surface area (Å²) in [4.78, 5) is 0. The van der Waals surface area contributed by atoms with E-state index in [2.05, 4.69) is 65.7 Å². The summed E-state index contributed by atoms with van der Waals surface area (Å²) in [6.45, 7) is 32.4. The van der Waals surface area contributed by atoms with Crippen LogP contribution in [-0.2, 0) is 12.3 Å². The summed E-state index contributed by atoms with van der Waals surface area (Å²) in [5, 5.41) is 0. The Morgan fingerprint density at radius 3 is 0.759 bits per heavy atom. The minimum Gasteiger partial charge on any atom is -0.416 e. The van der Waals surface area contributed by atoms with E-state index in [4.69, 9.17) is 12.3 Å². The number of rotatable bonds is 18. The van der Waals surface area contributed by atoms with Gasteiger partial charge in [0.2, 0.25) is 0 Å². The van der Waals surface area contributed by atoms with Crippen molar-refractivity contribution in [3.05, 3.63) is 75.9 Å². The average molecular weight is 467 g/mol. The van der Waals surface area contributed by atoms with E-state index in [1.54, 1.807) is 0 Å². The molecule has 0 bridgehead atoms. The molecule has 164 valence electrons. The Morgan fingerprint density at radius 1 is 0.448 bits per heavy atom. The van der Waals surface area contributed by atoms with E-state index in [0.29, 0.717) is 0 Å². The predicted octanol–water partition coefficient (Wildman–Crippen LogP) is 7.45. The van der Waals surface area contributed by atoms with Crippen molar-refractivity contribution in [2.75, 3.05) is 0 Å². The molecular formula is C22H42O3Si4. The molecule has 0 amide bonds. The van der Waals surface area contributed by atoms with E-state index >= 15 is 0 Å². The molecule has 0 spiro atoms. The van der Waals surface area contributed by atoms with Gasteiger partial charge in [0, 0.05) is 6.55 Å². The smallest absolute Gasteiger partial charge is 0.416 e. The van der Waals surface area contributed by atoms with E-state index in [9.17, 15) is 0 Å². The Balaban J connectivity index is 6.17. The molecule has 0 aromatic rings. The topological polar surface area (TPSA) is 27.7 Å². The molecule has 3 nitrogen and oxygen atoms in total. The second kappa shape index (κ2) is 12.8. The first kappa shape index (κ1) is 28.2. The molecule has 0 rings (SSSR count). The first-order valence-electron chi connectivity index (χ1n) is 10.2. The molecule has 0 saturated carbocycles. The van der Waals surface area contributed by atoms with Crippen LogP contribution in [0.5, 0.6) is 0 Å². The zero-order valence-corrected chi connectivity index (χ0v) is 23.2. The first-order valence-corrected chi connectivity index (χ1v) is 20.9. The molecule has 0 aromatic carbocycles. The van der Waals surface area contributed by atoms with Gasteiger partial charge in [0.05, 0.1) is 0 Å². The molecular weight excluding hydrogens is 425 g/mol. The molecule has 0 unspecified atom stereocenters. The van der Waals surface area contributed by atoms with Crippen LogP contribution in [0.1, 0.15) is 0 Å². The monoisotopic (exact) mass is 466 g/mol. The molecule has 0 atom stereocenters. The molecule has 29 heavy (non-hydrogen) atoms.